The van der Waals surface area contributed by atoms with Crippen molar-refractivity contribution in [1.82, 2.24) is 4.98 Å². The van der Waals surface area contributed by atoms with E-state index in [1.54, 1.807) is 0 Å². The lowest BCUT2D eigenvalue weighted by molar-refractivity contribution is 0.860. The minimum absolute atomic E-state index is 0.485. The molecule has 1 aromatic rings. The van der Waals surface area contributed by atoms with E-state index in [4.69, 9.17) is 11.6 Å². The van der Waals surface area contributed by atoms with Crippen molar-refractivity contribution in [3.8, 4) is 0 Å². The third kappa shape index (κ3) is 2.59. The van der Waals surface area contributed by atoms with Gasteiger partial charge in [0.05, 0.1) is 0 Å². The first-order chi connectivity index (χ1) is 6.00. The molecule has 0 atom stereocenters. The summed E-state index contributed by atoms with van der Waals surface area (Å²) in [5.41, 5.74) is 1.23. The molecule has 1 aromatic heterocycles. The van der Waals surface area contributed by atoms with Gasteiger partial charge in [-0.25, -0.2) is 4.98 Å². The van der Waals surface area contributed by atoms with Gasteiger partial charge in [-0.05, 0) is 23.6 Å². The van der Waals surface area contributed by atoms with E-state index in [0.717, 1.165) is 5.82 Å². The lowest BCUT2D eigenvalue weighted by Crippen LogP contribution is -2.11. The van der Waals surface area contributed by atoms with Crippen LogP contribution in [0, 0.1) is 0 Å². The number of hydrogen-bond donors (Lipinski definition) is 0. The Balaban J connectivity index is 3.11. The van der Waals surface area contributed by atoms with E-state index >= 15 is 0 Å². The van der Waals surface area contributed by atoms with Crippen LogP contribution in [0.2, 0.25) is 5.15 Å². The fourth-order valence-corrected chi connectivity index (χ4v) is 1.28. The lowest BCUT2D eigenvalue weighted by Gasteiger charge is -2.14. The third-order valence-corrected chi connectivity index (χ3v) is 2.12. The highest BCUT2D eigenvalue weighted by atomic mass is 35.5. The van der Waals surface area contributed by atoms with Crippen LogP contribution in [0.3, 0.4) is 0 Å². The van der Waals surface area contributed by atoms with E-state index in [-0.39, 0.29) is 0 Å². The van der Waals surface area contributed by atoms with Crippen molar-refractivity contribution in [2.24, 2.45) is 0 Å². The molecule has 13 heavy (non-hydrogen) atoms. The summed E-state index contributed by atoms with van der Waals surface area (Å²) in [6.07, 6.45) is 0. The van der Waals surface area contributed by atoms with Crippen LogP contribution in [0.5, 0.6) is 0 Å². The molecule has 0 saturated heterocycles. The molecule has 3 heteroatoms. The molecule has 0 bridgehead atoms. The first kappa shape index (κ1) is 10.3. The maximum atomic E-state index is 5.90. The van der Waals surface area contributed by atoms with Gasteiger partial charge in [0.15, 0.2) is 0 Å². The van der Waals surface area contributed by atoms with E-state index in [1.165, 1.54) is 5.56 Å². The summed E-state index contributed by atoms with van der Waals surface area (Å²) in [7, 11) is 3.92. The van der Waals surface area contributed by atoms with Gasteiger partial charge in [0, 0.05) is 14.1 Å². The van der Waals surface area contributed by atoms with Crippen LogP contribution in [0.1, 0.15) is 25.3 Å². The summed E-state index contributed by atoms with van der Waals surface area (Å²) in [4.78, 5) is 6.16. The Morgan fingerprint density at radius 3 is 2.38 bits per heavy atom. The Bertz CT molecular complexity index is 269. The predicted octanol–water partition coefficient (Wildman–Crippen LogP) is 2.92. The lowest BCUT2D eigenvalue weighted by atomic mass is 10.1. The summed E-state index contributed by atoms with van der Waals surface area (Å²) in [6, 6.07) is 3.98. The van der Waals surface area contributed by atoms with E-state index in [2.05, 4.69) is 24.9 Å². The van der Waals surface area contributed by atoms with Crippen LogP contribution in [0.4, 0.5) is 5.82 Å². The highest BCUT2D eigenvalue weighted by molar-refractivity contribution is 6.29. The molecular formula is C10H15ClN2. The van der Waals surface area contributed by atoms with Gasteiger partial charge in [-0.3, -0.25) is 0 Å². The van der Waals surface area contributed by atoms with Crippen molar-refractivity contribution in [3.05, 3.63) is 22.8 Å². The SMILES string of the molecule is CC(C)c1cc(Cl)nc(N(C)C)c1. The second-order valence-corrected chi connectivity index (χ2v) is 4.02. The molecule has 0 aliphatic carbocycles. The zero-order chi connectivity index (χ0) is 10.0. The molecule has 2 nitrogen and oxygen atoms in total. The number of rotatable bonds is 2. The summed E-state index contributed by atoms with van der Waals surface area (Å²) in [5.74, 6) is 1.40. The van der Waals surface area contributed by atoms with Gasteiger partial charge < -0.3 is 4.90 Å². The molecule has 0 saturated carbocycles. The first-order valence-corrected chi connectivity index (χ1v) is 4.73. The summed E-state index contributed by atoms with van der Waals surface area (Å²) in [5, 5.41) is 0.565. The normalized spacial score (nSPS) is 10.6. The molecule has 1 heterocycles. The van der Waals surface area contributed by atoms with E-state index < -0.39 is 0 Å². The number of nitrogens with zero attached hydrogens (tertiary/aromatic N) is 2. The van der Waals surface area contributed by atoms with Crippen molar-refractivity contribution in [2.45, 2.75) is 19.8 Å². The zero-order valence-corrected chi connectivity index (χ0v) is 9.26. The van der Waals surface area contributed by atoms with E-state index in [9.17, 15) is 0 Å². The fraction of sp³-hybridized carbons (Fsp3) is 0.500. The van der Waals surface area contributed by atoms with Gasteiger partial charge in [0.2, 0.25) is 0 Å². The van der Waals surface area contributed by atoms with Gasteiger partial charge in [-0.2, -0.15) is 0 Å². The van der Waals surface area contributed by atoms with Gasteiger partial charge in [-0.15, -0.1) is 0 Å². The van der Waals surface area contributed by atoms with Crippen molar-refractivity contribution >= 4 is 17.4 Å². The van der Waals surface area contributed by atoms with Crippen LogP contribution in [-0.4, -0.2) is 19.1 Å². The van der Waals surface area contributed by atoms with Gasteiger partial charge >= 0.3 is 0 Å². The Kier molecular flexibility index (Phi) is 3.15. The highest BCUT2D eigenvalue weighted by Gasteiger charge is 2.05. The number of aromatic nitrogens is 1. The fourth-order valence-electron chi connectivity index (χ4n) is 1.06. The quantitative estimate of drug-likeness (QED) is 0.680. The minimum atomic E-state index is 0.485. The highest BCUT2D eigenvalue weighted by Crippen LogP contribution is 2.22. The average molecular weight is 199 g/mol. The minimum Gasteiger partial charge on any atom is -0.363 e. The molecule has 0 fully saturated rings. The number of anilines is 1. The average Bonchev–Trinajstić information content (AvgIpc) is 2.03. The van der Waals surface area contributed by atoms with Crippen LogP contribution in [0.25, 0.3) is 0 Å². The molecule has 72 valence electrons. The number of halogens is 1. The van der Waals surface area contributed by atoms with E-state index in [1.807, 2.05) is 25.1 Å². The molecule has 0 radical (unpaired) electrons. The topological polar surface area (TPSA) is 16.1 Å². The van der Waals surface area contributed by atoms with Crippen LogP contribution in [0.15, 0.2) is 12.1 Å². The molecule has 0 aromatic carbocycles. The Morgan fingerprint density at radius 2 is 1.92 bits per heavy atom. The standard InChI is InChI=1S/C10H15ClN2/c1-7(2)8-5-9(11)12-10(6-8)13(3)4/h5-7H,1-4H3. The Labute approximate surface area is 84.5 Å². The van der Waals surface area contributed by atoms with Crippen molar-refractivity contribution in [2.75, 3.05) is 19.0 Å². The van der Waals surface area contributed by atoms with Crippen molar-refractivity contribution in [3.63, 3.8) is 0 Å². The van der Waals surface area contributed by atoms with Gasteiger partial charge in [-0.1, -0.05) is 25.4 Å². The molecule has 0 aliphatic rings. The molecule has 1 rings (SSSR count). The third-order valence-electron chi connectivity index (χ3n) is 1.93. The second-order valence-electron chi connectivity index (χ2n) is 3.63. The van der Waals surface area contributed by atoms with Gasteiger partial charge in [0.25, 0.3) is 0 Å². The van der Waals surface area contributed by atoms with Crippen molar-refractivity contribution in [1.29, 1.82) is 0 Å². The molecule has 0 spiro atoms. The van der Waals surface area contributed by atoms with Crippen LogP contribution >= 0.6 is 11.6 Å². The molecule has 0 N–H and O–H groups in total. The predicted molar refractivity (Wildman–Crippen MR) is 57.7 cm³/mol. The Morgan fingerprint density at radius 1 is 1.31 bits per heavy atom. The summed E-state index contributed by atoms with van der Waals surface area (Å²) in [6.45, 7) is 4.29. The smallest absolute Gasteiger partial charge is 0.131 e. The molecule has 0 amide bonds. The number of pyridine rings is 1. The molecular weight excluding hydrogens is 184 g/mol. The number of hydrogen-bond acceptors (Lipinski definition) is 2. The molecule has 0 unspecified atom stereocenters. The van der Waals surface area contributed by atoms with Crippen molar-refractivity contribution < 1.29 is 0 Å². The second kappa shape index (κ2) is 3.97. The molecule has 0 aliphatic heterocycles. The monoisotopic (exact) mass is 198 g/mol. The maximum absolute atomic E-state index is 5.90. The van der Waals surface area contributed by atoms with Crippen LogP contribution in [-0.2, 0) is 0 Å². The first-order valence-electron chi connectivity index (χ1n) is 4.35. The largest absolute Gasteiger partial charge is 0.363 e. The van der Waals surface area contributed by atoms with Crippen LogP contribution < -0.4 is 4.90 Å². The zero-order valence-electron chi connectivity index (χ0n) is 8.50. The Hall–Kier alpha value is -0.760. The summed E-state index contributed by atoms with van der Waals surface area (Å²) < 4.78 is 0. The van der Waals surface area contributed by atoms with Gasteiger partial charge in [0.1, 0.15) is 11.0 Å². The van der Waals surface area contributed by atoms with E-state index in [0.29, 0.717) is 11.1 Å². The maximum Gasteiger partial charge on any atom is 0.131 e. The summed E-state index contributed by atoms with van der Waals surface area (Å²) >= 11 is 5.90.